The molecule has 0 atom stereocenters. The van der Waals surface area contributed by atoms with Gasteiger partial charge < -0.3 is 0 Å². The molecule has 0 spiro atoms. The van der Waals surface area contributed by atoms with Crippen LogP contribution >= 0.6 is 18.6 Å². The summed E-state index contributed by atoms with van der Waals surface area (Å²) in [5.74, 6) is 0. The van der Waals surface area contributed by atoms with Crippen molar-refractivity contribution in [3.63, 3.8) is 0 Å². The molecule has 0 saturated heterocycles. The first-order chi connectivity index (χ1) is 1.41. The van der Waals surface area contributed by atoms with Gasteiger partial charge >= 0.3 is 35.8 Å². The van der Waals surface area contributed by atoms with E-state index in [-0.39, 0.29) is 51.4 Å². The van der Waals surface area contributed by atoms with Gasteiger partial charge in [0.1, 0.15) is 0 Å². The van der Waals surface area contributed by atoms with E-state index in [4.69, 9.17) is 0 Å². The third kappa shape index (κ3) is 8.86. The molecule has 0 fully saturated rings. The summed E-state index contributed by atoms with van der Waals surface area (Å²) in [6.45, 7) is 0. The molecule has 0 saturated carbocycles. The number of hydrogen-bond donors (Lipinski definition) is 0. The summed E-state index contributed by atoms with van der Waals surface area (Å²) in [5, 5.41) is 0. The van der Waals surface area contributed by atoms with Crippen LogP contribution in [0.2, 0.25) is 0 Å². The predicted octanol–water partition coefficient (Wildman–Crippen LogP) is 0.535. The van der Waals surface area contributed by atoms with Gasteiger partial charge in [0.2, 0.25) is 0 Å². The van der Waals surface area contributed by atoms with Gasteiger partial charge in [-0.25, -0.2) is 0 Å². The van der Waals surface area contributed by atoms with E-state index in [9.17, 15) is 0 Å². The molecule has 0 aromatic rings. The van der Waals surface area contributed by atoms with E-state index >= 15 is 0 Å². The second kappa shape index (κ2) is 9.30. The van der Waals surface area contributed by atoms with Crippen molar-refractivity contribution in [3.05, 3.63) is 0 Å². The van der Waals surface area contributed by atoms with Crippen molar-refractivity contribution in [3.8, 4) is 0 Å². The minimum absolute atomic E-state index is 0. The van der Waals surface area contributed by atoms with E-state index in [0.29, 0.717) is 0 Å². The van der Waals surface area contributed by atoms with E-state index in [1.54, 1.807) is 0 Å². The summed E-state index contributed by atoms with van der Waals surface area (Å²) in [6, 6.07) is 0. The Hall–Kier alpha value is 2.88. The molecule has 0 aliphatic carbocycles. The van der Waals surface area contributed by atoms with Crippen LogP contribution in [0.5, 0.6) is 0 Å². The van der Waals surface area contributed by atoms with Crippen molar-refractivity contribution < 1.29 is 0 Å². The van der Waals surface area contributed by atoms with Crippen LogP contribution in [0.25, 0.3) is 0 Å². The molecule has 0 amide bonds. The Balaban J connectivity index is 0. The van der Waals surface area contributed by atoms with Crippen LogP contribution in [0.4, 0.5) is 0 Å². The van der Waals surface area contributed by atoms with Crippen LogP contribution < -0.4 is 0 Å². The molecule has 0 aliphatic heterocycles. The van der Waals surface area contributed by atoms with E-state index in [0.717, 1.165) is 0 Å². The molecule has 0 aromatic heterocycles. The van der Waals surface area contributed by atoms with Gasteiger partial charge in [0, 0.05) is 51.4 Å². The normalized spacial score (nSPS) is 2.00. The topological polar surface area (TPSA) is 0 Å². The Kier molecular flexibility index (Phi) is 23.2. The first-order valence-electron chi connectivity index (χ1n) is 0.408. The number of hydrogen-bond acceptors (Lipinski definition) is 2. The fraction of sp³-hybridized carbons (Fsp3) is 0. The molecule has 0 unspecified atom stereocenters. The van der Waals surface area contributed by atoms with Crippen molar-refractivity contribution in [2.75, 3.05) is 0 Å². The summed E-state index contributed by atoms with van der Waals surface area (Å²) in [5.41, 5.74) is 0. The third-order valence-corrected chi connectivity index (χ3v) is 0. The van der Waals surface area contributed by atoms with Gasteiger partial charge in [0.05, 0.1) is 0 Å². The maximum absolute atomic E-state index is 4.38. The third-order valence-electron chi connectivity index (χ3n) is 0. The molecule has 0 aromatic carbocycles. The monoisotopic (exact) mass is 223 g/mol. The van der Waals surface area contributed by atoms with Crippen LogP contribution in [-0.4, -0.2) is 68.6 Å². The molecule has 17 valence electrons. The molecule has 0 heterocycles. The first kappa shape index (κ1) is 9.98. The zero-order valence-corrected chi connectivity index (χ0v) is 9.93. The van der Waals surface area contributed by atoms with E-state index in [1.807, 2.05) is 0 Å². The molecular weight excluding hydrogens is 222 g/mol. The van der Waals surface area contributed by atoms with Gasteiger partial charge in [-0.1, -0.05) is 0 Å². The van der Waals surface area contributed by atoms with Crippen LogP contribution in [0.3, 0.4) is 0 Å². The fourth-order valence-corrected chi connectivity index (χ4v) is 0. The summed E-state index contributed by atoms with van der Waals surface area (Å²) in [6.07, 6.45) is 0. The maximum atomic E-state index is 4.38. The van der Waals surface area contributed by atoms with Crippen molar-refractivity contribution in [2.24, 2.45) is 0 Å². The van der Waals surface area contributed by atoms with E-state index in [2.05, 4.69) is 18.6 Å². The fourth-order valence-electron chi connectivity index (χ4n) is 0. The summed E-state index contributed by atoms with van der Waals surface area (Å²) < 4.78 is 0. The molecule has 4 heteroatoms. The van der Waals surface area contributed by atoms with Crippen molar-refractivity contribution >= 4 is 87.2 Å². The van der Waals surface area contributed by atoms with Gasteiger partial charge in [-0.3, -0.25) is 0 Å². The Morgan fingerprint density at radius 2 is 1.25 bits per heavy atom. The molecule has 0 aliphatic rings. The zero-order chi connectivity index (χ0) is 2.71. The second-order valence-electron chi connectivity index (χ2n) is 0.0833. The molecular formula is KS2Sn. The summed E-state index contributed by atoms with van der Waals surface area (Å²) in [4.78, 5) is 0. The molecule has 0 nitrogen and oxygen atoms in total. The van der Waals surface area contributed by atoms with Crippen molar-refractivity contribution in [1.29, 1.82) is 0 Å². The van der Waals surface area contributed by atoms with Gasteiger partial charge in [-0.15, -0.1) is 0 Å². The Morgan fingerprint density at radius 1 is 1.25 bits per heavy atom. The van der Waals surface area contributed by atoms with Crippen LogP contribution in [0.15, 0.2) is 0 Å². The Labute approximate surface area is 84.7 Å². The standard InChI is InChI=1S/K.2S.Sn. The van der Waals surface area contributed by atoms with Gasteiger partial charge in [-0.2, -0.15) is 0 Å². The van der Waals surface area contributed by atoms with Crippen molar-refractivity contribution in [2.45, 2.75) is 0 Å². The minimum atomic E-state index is -0.603. The molecule has 1 radical (unpaired) electrons. The Bertz CT molecular complexity index is 27.0. The molecule has 4 heavy (non-hydrogen) atoms. The van der Waals surface area contributed by atoms with Crippen LogP contribution in [-0.2, 0) is 0 Å². The van der Waals surface area contributed by atoms with Gasteiger partial charge in [-0.05, 0) is 0 Å². The predicted molar refractivity (Wildman–Crippen MR) is 26.7 cm³/mol. The zero-order valence-electron chi connectivity index (χ0n) is 2.32. The van der Waals surface area contributed by atoms with Crippen LogP contribution in [0.1, 0.15) is 0 Å². The SMILES string of the molecule is [K].[S]=[Sn]=[S]. The quantitative estimate of drug-likeness (QED) is 0.548. The average molecular weight is 222 g/mol. The van der Waals surface area contributed by atoms with E-state index in [1.165, 1.54) is 0 Å². The van der Waals surface area contributed by atoms with Crippen LogP contribution in [0, 0.1) is 0 Å². The van der Waals surface area contributed by atoms with Gasteiger partial charge in [0.25, 0.3) is 0 Å². The molecule has 0 N–H and O–H groups in total. The Morgan fingerprint density at radius 3 is 1.25 bits per heavy atom. The van der Waals surface area contributed by atoms with Gasteiger partial charge in [0.15, 0.2) is 0 Å². The summed E-state index contributed by atoms with van der Waals surface area (Å²) >= 11 is -0.603. The second-order valence-corrected chi connectivity index (χ2v) is 5.03. The average Bonchev–Trinajstić information content (AvgIpc) is 0.918. The first-order valence-corrected chi connectivity index (χ1v) is 8.22. The van der Waals surface area contributed by atoms with E-state index < -0.39 is 17.3 Å². The summed E-state index contributed by atoms with van der Waals surface area (Å²) in [7, 11) is 8.76. The molecule has 0 bridgehead atoms. The van der Waals surface area contributed by atoms with Crippen molar-refractivity contribution in [1.82, 2.24) is 0 Å². The number of rotatable bonds is 0. The molecule has 0 rings (SSSR count).